The van der Waals surface area contributed by atoms with Crippen LogP contribution in [-0.2, 0) is 20.7 Å². The van der Waals surface area contributed by atoms with E-state index in [1.54, 1.807) is 11.8 Å². The molecule has 1 aliphatic rings. The monoisotopic (exact) mass is 416 g/mol. The zero-order valence-corrected chi connectivity index (χ0v) is 18.1. The van der Waals surface area contributed by atoms with Gasteiger partial charge in [-0.15, -0.1) is 0 Å². The topological polar surface area (TPSA) is 70.4 Å². The Morgan fingerprint density at radius 2 is 1.77 bits per heavy atom. The number of ether oxygens (including phenoxy) is 1. The first-order valence-electron chi connectivity index (χ1n) is 10.7. The molecule has 5 heteroatoms. The second kappa shape index (κ2) is 10.6. The van der Waals surface area contributed by atoms with Gasteiger partial charge in [0.25, 0.3) is 5.91 Å². The molecule has 31 heavy (non-hydrogen) atoms. The van der Waals surface area contributed by atoms with Crippen LogP contribution in [-0.4, -0.2) is 36.0 Å². The number of piperidine rings is 1. The number of likely N-dealkylation sites (tertiary alicyclic amines) is 1. The number of esters is 1. The smallest absolute Gasteiger partial charge is 0.349 e. The fourth-order valence-electron chi connectivity index (χ4n) is 3.80. The third-order valence-corrected chi connectivity index (χ3v) is 5.65. The highest BCUT2D eigenvalue weighted by atomic mass is 16.5. The van der Waals surface area contributed by atoms with Crippen molar-refractivity contribution in [3.63, 3.8) is 0 Å². The number of nitriles is 1. The molecule has 1 fully saturated rings. The number of amides is 1. The first-order chi connectivity index (χ1) is 15.0. The molecule has 0 aliphatic carbocycles. The van der Waals surface area contributed by atoms with Gasteiger partial charge in [-0.05, 0) is 56.2 Å². The first kappa shape index (κ1) is 22.3. The summed E-state index contributed by atoms with van der Waals surface area (Å²) < 4.78 is 5.32. The van der Waals surface area contributed by atoms with Gasteiger partial charge < -0.3 is 9.64 Å². The molecule has 2 aromatic carbocycles. The van der Waals surface area contributed by atoms with Gasteiger partial charge >= 0.3 is 5.97 Å². The number of hydrogen-bond acceptors (Lipinski definition) is 4. The molecule has 0 saturated carbocycles. The number of carbonyl (C=O) groups excluding carboxylic acids is 2. The average molecular weight is 417 g/mol. The van der Waals surface area contributed by atoms with Crippen LogP contribution >= 0.6 is 0 Å². The Labute approximate surface area is 183 Å². The van der Waals surface area contributed by atoms with Crippen LogP contribution < -0.4 is 0 Å². The first-order valence-corrected chi connectivity index (χ1v) is 10.7. The quantitative estimate of drug-likeness (QED) is 0.400. The zero-order chi connectivity index (χ0) is 22.2. The normalized spacial score (nSPS) is 15.8. The summed E-state index contributed by atoms with van der Waals surface area (Å²) in [4.78, 5) is 26.9. The Bertz CT molecular complexity index is 966. The van der Waals surface area contributed by atoms with Gasteiger partial charge in [-0.1, -0.05) is 60.2 Å². The van der Waals surface area contributed by atoms with E-state index in [0.717, 1.165) is 30.4 Å². The van der Waals surface area contributed by atoms with Gasteiger partial charge in [0, 0.05) is 13.1 Å². The lowest BCUT2D eigenvalue weighted by Crippen LogP contribution is -2.44. The van der Waals surface area contributed by atoms with E-state index in [1.807, 2.05) is 55.5 Å². The molecular weight excluding hydrogens is 388 g/mol. The highest BCUT2D eigenvalue weighted by molar-refractivity contribution is 5.99. The van der Waals surface area contributed by atoms with Gasteiger partial charge in [0.15, 0.2) is 6.10 Å². The summed E-state index contributed by atoms with van der Waals surface area (Å²) in [5.41, 5.74) is 3.02. The SMILES string of the molecule is Cc1ccc(/C=C(\C#N)C(=O)O[C@H](C)C(=O)N2CCC(Cc3ccccc3)CC2)cc1. The molecule has 1 aliphatic heterocycles. The summed E-state index contributed by atoms with van der Waals surface area (Å²) in [6.07, 6.45) is 3.43. The highest BCUT2D eigenvalue weighted by Crippen LogP contribution is 2.22. The van der Waals surface area contributed by atoms with E-state index >= 15 is 0 Å². The minimum Gasteiger partial charge on any atom is -0.448 e. The lowest BCUT2D eigenvalue weighted by atomic mass is 9.90. The molecule has 160 valence electrons. The number of aryl methyl sites for hydroxylation is 1. The van der Waals surface area contributed by atoms with Gasteiger partial charge in [-0.2, -0.15) is 5.26 Å². The van der Waals surface area contributed by atoms with Crippen LogP contribution in [0.1, 0.15) is 36.5 Å². The molecule has 0 spiro atoms. The Balaban J connectivity index is 1.52. The summed E-state index contributed by atoms with van der Waals surface area (Å²) in [6, 6.07) is 19.7. The van der Waals surface area contributed by atoms with Crippen molar-refractivity contribution in [1.82, 2.24) is 4.90 Å². The van der Waals surface area contributed by atoms with Crippen molar-refractivity contribution in [2.75, 3.05) is 13.1 Å². The Hall–Kier alpha value is -3.39. The molecule has 1 heterocycles. The van der Waals surface area contributed by atoms with Crippen LogP contribution in [0.4, 0.5) is 0 Å². The second-order valence-corrected chi connectivity index (χ2v) is 8.09. The summed E-state index contributed by atoms with van der Waals surface area (Å²) >= 11 is 0. The molecule has 3 rings (SSSR count). The molecule has 0 aromatic heterocycles. The van der Waals surface area contributed by atoms with E-state index in [4.69, 9.17) is 4.74 Å². The number of benzene rings is 2. The predicted molar refractivity (Wildman–Crippen MR) is 120 cm³/mol. The van der Waals surface area contributed by atoms with Gasteiger partial charge in [-0.3, -0.25) is 4.79 Å². The van der Waals surface area contributed by atoms with Gasteiger partial charge in [-0.25, -0.2) is 4.79 Å². The van der Waals surface area contributed by atoms with Crippen LogP contribution in [0.3, 0.4) is 0 Å². The maximum absolute atomic E-state index is 12.8. The van der Waals surface area contributed by atoms with E-state index in [0.29, 0.717) is 19.0 Å². The van der Waals surface area contributed by atoms with Crippen LogP contribution in [0.25, 0.3) is 6.08 Å². The van der Waals surface area contributed by atoms with Crippen molar-refractivity contribution in [2.45, 2.75) is 39.2 Å². The summed E-state index contributed by atoms with van der Waals surface area (Å²) in [6.45, 7) is 4.84. The van der Waals surface area contributed by atoms with Crippen molar-refractivity contribution in [3.05, 3.63) is 76.9 Å². The molecule has 0 bridgehead atoms. The minimum absolute atomic E-state index is 0.120. The van der Waals surface area contributed by atoms with Crippen molar-refractivity contribution < 1.29 is 14.3 Å². The van der Waals surface area contributed by atoms with Crippen molar-refractivity contribution in [3.8, 4) is 6.07 Å². The lowest BCUT2D eigenvalue weighted by molar-refractivity contribution is -0.156. The van der Waals surface area contributed by atoms with E-state index in [-0.39, 0.29) is 11.5 Å². The minimum atomic E-state index is -0.923. The van der Waals surface area contributed by atoms with Crippen LogP contribution in [0, 0.1) is 24.2 Å². The molecule has 0 N–H and O–H groups in total. The maximum Gasteiger partial charge on any atom is 0.349 e. The van der Waals surface area contributed by atoms with Crippen molar-refractivity contribution in [2.24, 2.45) is 5.92 Å². The van der Waals surface area contributed by atoms with E-state index in [2.05, 4.69) is 12.1 Å². The third kappa shape index (κ3) is 6.29. The lowest BCUT2D eigenvalue weighted by Gasteiger charge is -2.33. The Morgan fingerprint density at radius 3 is 2.39 bits per heavy atom. The fourth-order valence-corrected chi connectivity index (χ4v) is 3.80. The number of hydrogen-bond donors (Lipinski definition) is 0. The average Bonchev–Trinajstić information content (AvgIpc) is 2.79. The Kier molecular flexibility index (Phi) is 7.61. The molecule has 1 amide bonds. The largest absolute Gasteiger partial charge is 0.448 e. The van der Waals surface area contributed by atoms with Crippen molar-refractivity contribution in [1.29, 1.82) is 5.26 Å². The summed E-state index contributed by atoms with van der Waals surface area (Å²) in [5.74, 6) is -0.436. The van der Waals surface area contributed by atoms with Gasteiger partial charge in [0.1, 0.15) is 11.6 Å². The van der Waals surface area contributed by atoms with E-state index < -0.39 is 12.1 Å². The number of rotatable bonds is 6. The number of carbonyl (C=O) groups is 2. The summed E-state index contributed by atoms with van der Waals surface area (Å²) in [5, 5.41) is 9.35. The predicted octanol–water partition coefficient (Wildman–Crippen LogP) is 4.32. The summed E-state index contributed by atoms with van der Waals surface area (Å²) in [7, 11) is 0. The number of nitrogens with zero attached hydrogens (tertiary/aromatic N) is 2. The molecular formula is C26H28N2O3. The molecule has 1 saturated heterocycles. The van der Waals surface area contributed by atoms with E-state index in [9.17, 15) is 14.9 Å². The highest BCUT2D eigenvalue weighted by Gasteiger charge is 2.28. The standard InChI is InChI=1S/C26H28N2O3/c1-19-8-10-22(11-9-19)17-24(18-27)26(30)31-20(2)25(29)28-14-12-23(13-15-28)16-21-6-4-3-5-7-21/h3-11,17,20,23H,12-16H2,1-2H3/b24-17+/t20-/m1/s1. The Morgan fingerprint density at radius 1 is 1.13 bits per heavy atom. The molecule has 1 atom stereocenters. The molecule has 5 nitrogen and oxygen atoms in total. The second-order valence-electron chi connectivity index (χ2n) is 8.09. The third-order valence-electron chi connectivity index (χ3n) is 5.65. The molecule has 2 aromatic rings. The zero-order valence-electron chi connectivity index (χ0n) is 18.1. The fraction of sp³-hybridized carbons (Fsp3) is 0.346. The molecule has 0 radical (unpaired) electrons. The maximum atomic E-state index is 12.8. The van der Waals surface area contributed by atoms with E-state index in [1.165, 1.54) is 11.6 Å². The molecule has 0 unspecified atom stereocenters. The van der Waals surface area contributed by atoms with Gasteiger partial charge in [0.2, 0.25) is 0 Å². The van der Waals surface area contributed by atoms with Gasteiger partial charge in [0.05, 0.1) is 0 Å². The van der Waals surface area contributed by atoms with Crippen LogP contribution in [0.2, 0.25) is 0 Å². The van der Waals surface area contributed by atoms with Crippen LogP contribution in [0.15, 0.2) is 60.2 Å². The van der Waals surface area contributed by atoms with Crippen LogP contribution in [0.5, 0.6) is 0 Å². The van der Waals surface area contributed by atoms with Crippen molar-refractivity contribution >= 4 is 18.0 Å².